The lowest BCUT2D eigenvalue weighted by Crippen LogP contribution is -2.30. The average molecular weight is 337 g/mol. The van der Waals surface area contributed by atoms with Crippen LogP contribution in [0, 0.1) is 5.82 Å². The number of rotatable bonds is 4. The Morgan fingerprint density at radius 1 is 1.35 bits per heavy atom. The van der Waals surface area contributed by atoms with Gasteiger partial charge in [0.1, 0.15) is 5.82 Å². The highest BCUT2D eigenvalue weighted by molar-refractivity contribution is 9.10. The lowest BCUT2D eigenvalue weighted by molar-refractivity contribution is 0.0749. The summed E-state index contributed by atoms with van der Waals surface area (Å²) in [6, 6.07) is 9.65. The first-order valence-corrected chi connectivity index (χ1v) is 7.05. The summed E-state index contributed by atoms with van der Waals surface area (Å²) in [6.45, 7) is 2.89. The van der Waals surface area contributed by atoms with E-state index in [0.717, 1.165) is 5.69 Å². The molecule has 2 aromatic rings. The molecule has 104 valence electrons. The lowest BCUT2D eigenvalue weighted by atomic mass is 10.2. The molecule has 0 aliphatic rings. The van der Waals surface area contributed by atoms with Gasteiger partial charge < -0.3 is 4.90 Å². The number of amides is 1. The van der Waals surface area contributed by atoms with Crippen molar-refractivity contribution in [3.8, 4) is 0 Å². The molecule has 0 fully saturated rings. The third-order valence-corrected chi connectivity index (χ3v) is 3.57. The van der Waals surface area contributed by atoms with Crippen LogP contribution in [-0.2, 0) is 6.54 Å². The number of hydrogen-bond donors (Lipinski definition) is 0. The summed E-state index contributed by atoms with van der Waals surface area (Å²) in [5.41, 5.74) is 1.27. The fourth-order valence-electron chi connectivity index (χ4n) is 1.85. The molecule has 0 unspecified atom stereocenters. The molecule has 0 saturated carbocycles. The van der Waals surface area contributed by atoms with Crippen LogP contribution in [0.2, 0.25) is 0 Å². The number of nitrogens with zero attached hydrogens (tertiary/aromatic N) is 2. The molecule has 0 radical (unpaired) electrons. The third kappa shape index (κ3) is 3.42. The first-order valence-electron chi connectivity index (χ1n) is 6.26. The second-order valence-electron chi connectivity index (χ2n) is 4.26. The molecule has 3 nitrogen and oxygen atoms in total. The zero-order valence-corrected chi connectivity index (χ0v) is 12.6. The van der Waals surface area contributed by atoms with Crippen LogP contribution in [0.15, 0.2) is 47.1 Å². The van der Waals surface area contributed by atoms with Crippen LogP contribution in [-0.4, -0.2) is 22.3 Å². The summed E-state index contributed by atoms with van der Waals surface area (Å²) in [5, 5.41) is 0. The number of carbonyl (C=O) groups excluding carboxylic acids is 1. The van der Waals surface area contributed by atoms with Crippen molar-refractivity contribution in [2.45, 2.75) is 13.5 Å². The minimum atomic E-state index is -0.374. The number of aromatic nitrogens is 1. The van der Waals surface area contributed by atoms with E-state index in [1.165, 1.54) is 18.2 Å². The largest absolute Gasteiger partial charge is 0.333 e. The van der Waals surface area contributed by atoms with Gasteiger partial charge >= 0.3 is 0 Å². The summed E-state index contributed by atoms with van der Waals surface area (Å²) in [6.07, 6.45) is 1.70. The molecule has 0 spiro atoms. The molecule has 1 aromatic carbocycles. The zero-order chi connectivity index (χ0) is 14.5. The third-order valence-electron chi connectivity index (χ3n) is 2.91. The molecule has 2 rings (SSSR count). The van der Waals surface area contributed by atoms with Crippen molar-refractivity contribution in [2.75, 3.05) is 6.54 Å². The fourth-order valence-corrected chi connectivity index (χ4v) is 2.37. The van der Waals surface area contributed by atoms with Crippen LogP contribution in [0.4, 0.5) is 4.39 Å². The summed E-state index contributed by atoms with van der Waals surface area (Å²) < 4.78 is 13.5. The van der Waals surface area contributed by atoms with E-state index in [1.807, 2.05) is 25.1 Å². The van der Waals surface area contributed by atoms with E-state index in [9.17, 15) is 9.18 Å². The Morgan fingerprint density at radius 3 is 2.75 bits per heavy atom. The summed E-state index contributed by atoms with van der Waals surface area (Å²) in [4.78, 5) is 18.3. The molecule has 5 heteroatoms. The smallest absolute Gasteiger partial charge is 0.255 e. The van der Waals surface area contributed by atoms with Crippen LogP contribution < -0.4 is 0 Å². The minimum absolute atomic E-state index is 0.148. The molecular weight excluding hydrogens is 323 g/mol. The minimum Gasteiger partial charge on any atom is -0.333 e. The molecule has 0 N–H and O–H groups in total. The van der Waals surface area contributed by atoms with Crippen molar-refractivity contribution >= 4 is 21.8 Å². The molecule has 0 bridgehead atoms. The van der Waals surface area contributed by atoms with Gasteiger partial charge in [0.25, 0.3) is 5.91 Å². The van der Waals surface area contributed by atoms with Gasteiger partial charge in [0.15, 0.2) is 0 Å². The highest BCUT2D eigenvalue weighted by Gasteiger charge is 2.17. The summed E-state index contributed by atoms with van der Waals surface area (Å²) in [5.74, 6) is -0.522. The van der Waals surface area contributed by atoms with Gasteiger partial charge in [-0.05, 0) is 53.2 Å². The fraction of sp³-hybridized carbons (Fsp3) is 0.200. The van der Waals surface area contributed by atoms with Crippen LogP contribution in [0.1, 0.15) is 23.0 Å². The standard InChI is InChI=1S/C15H14BrFN2O/c1-2-19(10-12-5-3-4-8-18-12)15(20)13-7-6-11(17)9-14(13)16/h3-9H,2,10H2,1H3. The Kier molecular flexibility index (Phi) is 4.84. The maximum absolute atomic E-state index is 13.1. The predicted octanol–water partition coefficient (Wildman–Crippen LogP) is 3.65. The molecule has 0 saturated heterocycles. The molecule has 1 amide bonds. The van der Waals surface area contributed by atoms with Gasteiger partial charge in [-0.3, -0.25) is 9.78 Å². The Bertz CT molecular complexity index is 604. The number of pyridine rings is 1. The Hall–Kier alpha value is -1.75. The quantitative estimate of drug-likeness (QED) is 0.853. The van der Waals surface area contributed by atoms with Gasteiger partial charge in [0.2, 0.25) is 0 Å². The van der Waals surface area contributed by atoms with Crippen molar-refractivity contribution in [2.24, 2.45) is 0 Å². The number of benzene rings is 1. The van der Waals surface area contributed by atoms with Crippen molar-refractivity contribution in [3.63, 3.8) is 0 Å². The van der Waals surface area contributed by atoms with Crippen LogP contribution >= 0.6 is 15.9 Å². The highest BCUT2D eigenvalue weighted by atomic mass is 79.9. The van der Waals surface area contributed by atoms with E-state index >= 15 is 0 Å². The predicted molar refractivity (Wildman–Crippen MR) is 78.8 cm³/mol. The monoisotopic (exact) mass is 336 g/mol. The van der Waals surface area contributed by atoms with Crippen molar-refractivity contribution in [3.05, 3.63) is 64.1 Å². The molecule has 1 heterocycles. The summed E-state index contributed by atoms with van der Waals surface area (Å²) in [7, 11) is 0. The van der Waals surface area contributed by atoms with E-state index < -0.39 is 0 Å². The molecule has 0 aliphatic heterocycles. The van der Waals surface area contributed by atoms with Gasteiger partial charge in [-0.25, -0.2) is 4.39 Å². The lowest BCUT2D eigenvalue weighted by Gasteiger charge is -2.21. The van der Waals surface area contributed by atoms with Gasteiger partial charge in [-0.1, -0.05) is 6.07 Å². The summed E-state index contributed by atoms with van der Waals surface area (Å²) >= 11 is 3.23. The Labute approximate surface area is 125 Å². The van der Waals surface area contributed by atoms with E-state index in [1.54, 1.807) is 11.1 Å². The van der Waals surface area contributed by atoms with E-state index in [4.69, 9.17) is 0 Å². The normalized spacial score (nSPS) is 10.3. The topological polar surface area (TPSA) is 33.2 Å². The molecule has 0 aliphatic carbocycles. The zero-order valence-electron chi connectivity index (χ0n) is 11.0. The number of hydrogen-bond acceptors (Lipinski definition) is 2. The van der Waals surface area contributed by atoms with Crippen molar-refractivity contribution < 1.29 is 9.18 Å². The van der Waals surface area contributed by atoms with Gasteiger partial charge in [-0.15, -0.1) is 0 Å². The van der Waals surface area contributed by atoms with Crippen molar-refractivity contribution in [1.29, 1.82) is 0 Å². The average Bonchev–Trinajstić information content (AvgIpc) is 2.45. The van der Waals surface area contributed by atoms with Gasteiger partial charge in [0, 0.05) is 17.2 Å². The van der Waals surface area contributed by atoms with E-state index in [-0.39, 0.29) is 11.7 Å². The van der Waals surface area contributed by atoms with E-state index in [0.29, 0.717) is 23.1 Å². The number of halogens is 2. The second kappa shape index (κ2) is 6.61. The Balaban J connectivity index is 2.21. The SMILES string of the molecule is CCN(Cc1ccccn1)C(=O)c1ccc(F)cc1Br. The first kappa shape index (κ1) is 14.7. The molecule has 20 heavy (non-hydrogen) atoms. The van der Waals surface area contributed by atoms with Gasteiger partial charge in [0.05, 0.1) is 17.8 Å². The van der Waals surface area contributed by atoms with Crippen LogP contribution in [0.5, 0.6) is 0 Å². The first-order chi connectivity index (χ1) is 9.61. The van der Waals surface area contributed by atoms with Crippen LogP contribution in [0.3, 0.4) is 0 Å². The van der Waals surface area contributed by atoms with Crippen LogP contribution in [0.25, 0.3) is 0 Å². The second-order valence-corrected chi connectivity index (χ2v) is 5.12. The van der Waals surface area contributed by atoms with Crippen molar-refractivity contribution in [1.82, 2.24) is 9.88 Å². The molecule has 1 aromatic heterocycles. The Morgan fingerprint density at radius 2 is 2.15 bits per heavy atom. The van der Waals surface area contributed by atoms with E-state index in [2.05, 4.69) is 20.9 Å². The number of carbonyl (C=O) groups is 1. The maximum atomic E-state index is 13.1. The molecular formula is C15H14BrFN2O. The van der Waals surface area contributed by atoms with Gasteiger partial charge in [-0.2, -0.15) is 0 Å². The maximum Gasteiger partial charge on any atom is 0.255 e. The highest BCUT2D eigenvalue weighted by Crippen LogP contribution is 2.20. The molecule has 0 atom stereocenters.